The Balaban J connectivity index is 1.99. The number of carboxylic acids is 1. The van der Waals surface area contributed by atoms with E-state index in [9.17, 15) is 14.7 Å². The van der Waals surface area contributed by atoms with Crippen LogP contribution < -0.4 is 0 Å². The summed E-state index contributed by atoms with van der Waals surface area (Å²) in [5.41, 5.74) is 2.42. The van der Waals surface area contributed by atoms with Crippen LogP contribution in [0, 0.1) is 0 Å². The molecule has 0 saturated heterocycles. The Kier molecular flexibility index (Phi) is 4.99. The average Bonchev–Trinajstić information content (AvgIpc) is 3.11. The van der Waals surface area contributed by atoms with E-state index in [0.29, 0.717) is 27.4 Å². The molecule has 1 heterocycles. The lowest BCUT2D eigenvalue weighted by Gasteiger charge is -2.08. The molecule has 0 unspecified atom stereocenters. The highest BCUT2D eigenvalue weighted by molar-refractivity contribution is 6.31. The second-order valence-electron chi connectivity index (χ2n) is 5.31. The number of halogens is 1. The monoisotopic (exact) mass is 371 g/mol. The molecule has 0 radical (unpaired) electrons. The molecule has 7 nitrogen and oxygen atoms in total. The number of carbonyl (C=O) groups is 2. The van der Waals surface area contributed by atoms with Crippen LogP contribution in [0.15, 0.2) is 42.5 Å². The summed E-state index contributed by atoms with van der Waals surface area (Å²) in [6, 6.07) is 11.5. The third-order valence-electron chi connectivity index (χ3n) is 3.70. The van der Waals surface area contributed by atoms with Crippen molar-refractivity contribution in [2.45, 2.75) is 6.92 Å². The van der Waals surface area contributed by atoms with Gasteiger partial charge in [-0.3, -0.25) is 0 Å². The van der Waals surface area contributed by atoms with Gasteiger partial charge in [-0.25, -0.2) is 9.59 Å². The third kappa shape index (κ3) is 3.43. The quantitative estimate of drug-likeness (QED) is 0.663. The first-order valence-electron chi connectivity index (χ1n) is 7.72. The van der Waals surface area contributed by atoms with Crippen molar-refractivity contribution in [2.75, 3.05) is 6.61 Å². The maximum atomic E-state index is 11.9. The minimum Gasteiger partial charge on any atom is -0.478 e. The van der Waals surface area contributed by atoms with Crippen molar-refractivity contribution in [3.63, 3.8) is 0 Å². The predicted octanol–water partition coefficient (Wildman–Crippen LogP) is 3.67. The number of H-pyrrole nitrogens is 1. The van der Waals surface area contributed by atoms with Crippen molar-refractivity contribution >= 4 is 23.5 Å². The molecule has 0 fully saturated rings. The predicted molar refractivity (Wildman–Crippen MR) is 95.2 cm³/mol. The zero-order chi connectivity index (χ0) is 18.7. The summed E-state index contributed by atoms with van der Waals surface area (Å²) in [6.45, 7) is 1.94. The van der Waals surface area contributed by atoms with Crippen molar-refractivity contribution < 1.29 is 19.4 Å². The van der Waals surface area contributed by atoms with E-state index in [1.807, 2.05) is 0 Å². The number of aromatic amines is 1. The fourth-order valence-corrected chi connectivity index (χ4v) is 2.70. The maximum absolute atomic E-state index is 11.9. The third-order valence-corrected chi connectivity index (χ3v) is 3.93. The number of hydrogen-bond acceptors (Lipinski definition) is 5. The Morgan fingerprint density at radius 1 is 1.12 bits per heavy atom. The van der Waals surface area contributed by atoms with Crippen LogP contribution in [0.1, 0.15) is 27.8 Å². The number of nitrogens with one attached hydrogen (secondary N) is 1. The molecular weight excluding hydrogens is 358 g/mol. The number of hydrogen-bond donors (Lipinski definition) is 2. The minimum atomic E-state index is -1.04. The van der Waals surface area contributed by atoms with E-state index in [2.05, 4.69) is 15.4 Å². The summed E-state index contributed by atoms with van der Waals surface area (Å²) in [7, 11) is 0. The number of carbonyl (C=O) groups excluding carboxylic acids is 1. The Bertz CT molecular complexity index is 967. The van der Waals surface area contributed by atoms with Gasteiger partial charge in [-0.05, 0) is 36.2 Å². The van der Waals surface area contributed by atoms with Crippen LogP contribution in [0.3, 0.4) is 0 Å². The van der Waals surface area contributed by atoms with E-state index in [1.165, 1.54) is 12.1 Å². The highest BCUT2D eigenvalue weighted by Crippen LogP contribution is 2.29. The van der Waals surface area contributed by atoms with Crippen molar-refractivity contribution in [3.05, 3.63) is 58.7 Å². The summed E-state index contributed by atoms with van der Waals surface area (Å²) in [5, 5.41) is 20.0. The molecule has 0 aliphatic heterocycles. The summed E-state index contributed by atoms with van der Waals surface area (Å²) >= 11 is 6.00. The molecular formula is C18H14ClN3O4. The van der Waals surface area contributed by atoms with E-state index < -0.39 is 11.9 Å². The standard InChI is InChI=1S/C18H14ClN3O4/c1-2-26-18(25)16-15(20-22-21-16)11-5-3-10(4-6-11)14-9-12(19)7-8-13(14)17(23)24/h3-9H,2H2,1H3,(H,23,24)(H,20,21,22). The first-order chi connectivity index (χ1) is 12.5. The Morgan fingerprint density at radius 3 is 2.46 bits per heavy atom. The molecule has 2 aromatic carbocycles. The first-order valence-corrected chi connectivity index (χ1v) is 8.10. The Morgan fingerprint density at radius 2 is 1.81 bits per heavy atom. The normalized spacial score (nSPS) is 10.5. The number of rotatable bonds is 5. The van der Waals surface area contributed by atoms with Gasteiger partial charge in [0.15, 0.2) is 5.69 Å². The highest BCUT2D eigenvalue weighted by Gasteiger charge is 2.19. The fourth-order valence-electron chi connectivity index (χ4n) is 2.52. The van der Waals surface area contributed by atoms with Crippen LogP contribution in [0.2, 0.25) is 5.02 Å². The largest absolute Gasteiger partial charge is 0.478 e. The summed E-state index contributed by atoms with van der Waals surface area (Å²) in [4.78, 5) is 23.3. The Labute approximate surface area is 153 Å². The molecule has 3 rings (SSSR count). The van der Waals surface area contributed by atoms with Gasteiger partial charge < -0.3 is 9.84 Å². The lowest BCUT2D eigenvalue weighted by molar-refractivity contribution is 0.0519. The van der Waals surface area contributed by atoms with Crippen molar-refractivity contribution in [1.82, 2.24) is 15.4 Å². The molecule has 1 aromatic heterocycles. The zero-order valence-corrected chi connectivity index (χ0v) is 14.4. The zero-order valence-electron chi connectivity index (χ0n) is 13.7. The van der Waals surface area contributed by atoms with E-state index in [4.69, 9.17) is 16.3 Å². The van der Waals surface area contributed by atoms with Crippen LogP contribution in [-0.2, 0) is 4.74 Å². The number of esters is 1. The maximum Gasteiger partial charge on any atom is 0.361 e. The van der Waals surface area contributed by atoms with Crippen LogP contribution in [-0.4, -0.2) is 39.1 Å². The summed E-state index contributed by atoms with van der Waals surface area (Å²) in [5.74, 6) is -1.61. The molecule has 0 spiro atoms. The molecule has 3 aromatic rings. The van der Waals surface area contributed by atoms with Gasteiger partial charge in [0.05, 0.1) is 12.2 Å². The molecule has 132 valence electrons. The molecule has 0 aliphatic carbocycles. The molecule has 0 bridgehead atoms. The lowest BCUT2D eigenvalue weighted by Crippen LogP contribution is -2.06. The summed E-state index contributed by atoms with van der Waals surface area (Å²) < 4.78 is 4.96. The van der Waals surface area contributed by atoms with Gasteiger partial charge in [0.25, 0.3) is 0 Å². The molecule has 0 amide bonds. The molecule has 2 N–H and O–H groups in total. The number of aromatic nitrogens is 3. The van der Waals surface area contributed by atoms with E-state index in [-0.39, 0.29) is 17.9 Å². The van der Waals surface area contributed by atoms with Gasteiger partial charge in [0.1, 0.15) is 5.69 Å². The molecule has 26 heavy (non-hydrogen) atoms. The first kappa shape index (κ1) is 17.6. The SMILES string of the molecule is CCOC(=O)c1n[nH]nc1-c1ccc(-c2cc(Cl)ccc2C(=O)O)cc1. The second-order valence-corrected chi connectivity index (χ2v) is 5.75. The fraction of sp³-hybridized carbons (Fsp3) is 0.111. The number of carboxylic acid groups (broad SMARTS) is 1. The van der Waals surface area contributed by atoms with Crippen LogP contribution in [0.5, 0.6) is 0 Å². The highest BCUT2D eigenvalue weighted by atomic mass is 35.5. The number of aromatic carboxylic acids is 1. The van der Waals surface area contributed by atoms with Gasteiger partial charge in [-0.15, -0.1) is 5.10 Å². The number of ether oxygens (including phenoxy) is 1. The van der Waals surface area contributed by atoms with Gasteiger partial charge in [-0.1, -0.05) is 35.9 Å². The topological polar surface area (TPSA) is 105 Å². The van der Waals surface area contributed by atoms with Crippen LogP contribution in [0.25, 0.3) is 22.4 Å². The van der Waals surface area contributed by atoms with E-state index >= 15 is 0 Å². The van der Waals surface area contributed by atoms with Gasteiger partial charge in [0.2, 0.25) is 0 Å². The molecule has 0 aliphatic rings. The minimum absolute atomic E-state index is 0.0913. The molecule has 0 atom stereocenters. The average molecular weight is 372 g/mol. The van der Waals surface area contributed by atoms with E-state index in [0.717, 1.165) is 0 Å². The number of nitrogens with zero attached hydrogens (tertiary/aromatic N) is 2. The van der Waals surface area contributed by atoms with Crippen molar-refractivity contribution in [3.8, 4) is 22.4 Å². The van der Waals surface area contributed by atoms with Gasteiger partial charge in [0, 0.05) is 10.6 Å². The second kappa shape index (κ2) is 7.37. The Hall–Kier alpha value is -3.19. The summed E-state index contributed by atoms with van der Waals surface area (Å²) in [6.07, 6.45) is 0. The van der Waals surface area contributed by atoms with Crippen LogP contribution >= 0.6 is 11.6 Å². The van der Waals surface area contributed by atoms with Crippen LogP contribution in [0.4, 0.5) is 0 Å². The lowest BCUT2D eigenvalue weighted by atomic mass is 9.98. The van der Waals surface area contributed by atoms with Crippen molar-refractivity contribution in [1.29, 1.82) is 0 Å². The number of benzene rings is 2. The van der Waals surface area contributed by atoms with Gasteiger partial charge in [-0.2, -0.15) is 10.3 Å². The molecule has 0 saturated carbocycles. The van der Waals surface area contributed by atoms with E-state index in [1.54, 1.807) is 37.3 Å². The van der Waals surface area contributed by atoms with Crippen molar-refractivity contribution in [2.24, 2.45) is 0 Å². The van der Waals surface area contributed by atoms with Gasteiger partial charge >= 0.3 is 11.9 Å². The smallest absolute Gasteiger partial charge is 0.361 e. The molecule has 8 heteroatoms.